The van der Waals surface area contributed by atoms with E-state index >= 15 is 0 Å². The Bertz CT molecular complexity index is 121. The van der Waals surface area contributed by atoms with Crippen LogP contribution in [0.4, 0.5) is 0 Å². The molecule has 0 fully saturated rings. The number of amides is 1. The minimum atomic E-state index is -0.565. The molecule has 1 atom stereocenters. The van der Waals surface area contributed by atoms with Crippen molar-refractivity contribution in [1.82, 2.24) is 5.32 Å². The van der Waals surface area contributed by atoms with Crippen molar-refractivity contribution in [3.63, 3.8) is 0 Å². The molecule has 0 aromatic heterocycles. The molecule has 3 heteroatoms. The fraction of sp³-hybridized carbons (Fsp3) is 0.571. The molecule has 0 radical (unpaired) electrons. The summed E-state index contributed by atoms with van der Waals surface area (Å²) in [6.45, 7) is 5.48. The molecule has 0 spiro atoms. The van der Waals surface area contributed by atoms with E-state index in [0.29, 0.717) is 6.54 Å². The highest BCUT2D eigenvalue weighted by atomic mass is 16.3. The molecule has 0 aliphatic heterocycles. The first-order valence-corrected chi connectivity index (χ1v) is 3.22. The summed E-state index contributed by atoms with van der Waals surface area (Å²) >= 11 is 0. The fourth-order valence-electron chi connectivity index (χ4n) is 0.526. The smallest absolute Gasteiger partial charge is 0.222 e. The summed E-state index contributed by atoms with van der Waals surface area (Å²) < 4.78 is 0. The Labute approximate surface area is 60.7 Å². The summed E-state index contributed by atoms with van der Waals surface area (Å²) in [6, 6.07) is 0. The molecule has 2 N–H and O–H groups in total. The first kappa shape index (κ1) is 9.17. The van der Waals surface area contributed by atoms with Crippen LogP contribution in [-0.2, 0) is 4.79 Å². The molecular formula is C7H13NO2. The van der Waals surface area contributed by atoms with E-state index in [-0.39, 0.29) is 12.3 Å². The Kier molecular flexibility index (Phi) is 4.58. The molecule has 0 unspecified atom stereocenters. The second-order valence-corrected chi connectivity index (χ2v) is 2.15. The number of hydrogen-bond acceptors (Lipinski definition) is 2. The second kappa shape index (κ2) is 4.99. The van der Waals surface area contributed by atoms with Crippen molar-refractivity contribution >= 4 is 5.91 Å². The largest absolute Gasteiger partial charge is 0.393 e. The maximum absolute atomic E-state index is 10.7. The number of nitrogens with one attached hydrogen (secondary N) is 1. The lowest BCUT2D eigenvalue weighted by atomic mass is 10.3. The van der Waals surface area contributed by atoms with Crippen LogP contribution in [0, 0.1) is 0 Å². The third kappa shape index (κ3) is 5.31. The highest BCUT2D eigenvalue weighted by Gasteiger charge is 2.02. The van der Waals surface area contributed by atoms with E-state index in [2.05, 4.69) is 11.9 Å². The van der Waals surface area contributed by atoms with Crippen molar-refractivity contribution < 1.29 is 9.90 Å². The maximum atomic E-state index is 10.7. The molecule has 0 aliphatic carbocycles. The lowest BCUT2D eigenvalue weighted by Gasteiger charge is -2.02. The summed E-state index contributed by atoms with van der Waals surface area (Å²) in [5.74, 6) is -0.144. The van der Waals surface area contributed by atoms with Gasteiger partial charge in [0.25, 0.3) is 0 Å². The van der Waals surface area contributed by atoms with Crippen molar-refractivity contribution in [2.24, 2.45) is 0 Å². The van der Waals surface area contributed by atoms with Crippen molar-refractivity contribution in [3.05, 3.63) is 12.7 Å². The van der Waals surface area contributed by atoms with Gasteiger partial charge in [-0.2, -0.15) is 0 Å². The zero-order valence-electron chi connectivity index (χ0n) is 6.13. The van der Waals surface area contributed by atoms with Crippen LogP contribution in [0.3, 0.4) is 0 Å². The van der Waals surface area contributed by atoms with Gasteiger partial charge in [-0.15, -0.1) is 6.58 Å². The highest BCUT2D eigenvalue weighted by Crippen LogP contribution is 1.87. The number of aliphatic hydroxyl groups excluding tert-OH is 1. The predicted molar refractivity (Wildman–Crippen MR) is 39.5 cm³/mol. The normalized spacial score (nSPS) is 12.2. The molecule has 0 saturated heterocycles. The predicted octanol–water partition coefficient (Wildman–Crippen LogP) is 0.0595. The van der Waals surface area contributed by atoms with Gasteiger partial charge >= 0.3 is 0 Å². The standard InChI is InChI=1S/C7H13NO2/c1-3-4-8-7(10)5-6(2)9/h3,6,9H,1,4-5H2,2H3,(H,8,10)/t6-/m1/s1. The molecule has 0 aromatic carbocycles. The van der Waals surface area contributed by atoms with Gasteiger partial charge in [0.15, 0.2) is 0 Å². The minimum Gasteiger partial charge on any atom is -0.393 e. The van der Waals surface area contributed by atoms with E-state index in [1.54, 1.807) is 13.0 Å². The monoisotopic (exact) mass is 143 g/mol. The van der Waals surface area contributed by atoms with Gasteiger partial charge in [0.1, 0.15) is 0 Å². The number of carbonyl (C=O) groups is 1. The van der Waals surface area contributed by atoms with Crippen LogP contribution in [0.5, 0.6) is 0 Å². The highest BCUT2D eigenvalue weighted by molar-refractivity contribution is 5.76. The molecule has 0 heterocycles. The van der Waals surface area contributed by atoms with Gasteiger partial charge in [-0.25, -0.2) is 0 Å². The Morgan fingerprint density at radius 3 is 2.90 bits per heavy atom. The van der Waals surface area contributed by atoms with E-state index in [4.69, 9.17) is 5.11 Å². The van der Waals surface area contributed by atoms with Crippen molar-refractivity contribution in [2.75, 3.05) is 6.54 Å². The summed E-state index contributed by atoms with van der Waals surface area (Å²) in [5, 5.41) is 11.3. The lowest BCUT2D eigenvalue weighted by Crippen LogP contribution is -2.26. The Morgan fingerprint density at radius 2 is 2.50 bits per heavy atom. The molecule has 10 heavy (non-hydrogen) atoms. The third-order valence-electron chi connectivity index (χ3n) is 0.924. The summed E-state index contributed by atoms with van der Waals surface area (Å²) in [5.41, 5.74) is 0. The van der Waals surface area contributed by atoms with Gasteiger partial charge in [-0.1, -0.05) is 6.08 Å². The van der Waals surface area contributed by atoms with Crippen LogP contribution in [0.2, 0.25) is 0 Å². The summed E-state index contributed by atoms with van der Waals surface area (Å²) in [6.07, 6.45) is 1.19. The molecule has 1 amide bonds. The van der Waals surface area contributed by atoms with Crippen molar-refractivity contribution in [1.29, 1.82) is 0 Å². The fourth-order valence-corrected chi connectivity index (χ4v) is 0.526. The van der Waals surface area contributed by atoms with E-state index in [0.717, 1.165) is 0 Å². The third-order valence-corrected chi connectivity index (χ3v) is 0.924. The molecule has 0 aliphatic rings. The first-order chi connectivity index (χ1) is 4.66. The first-order valence-electron chi connectivity index (χ1n) is 3.22. The van der Waals surface area contributed by atoms with Crippen LogP contribution < -0.4 is 5.32 Å². The molecular weight excluding hydrogens is 130 g/mol. The number of aliphatic hydroxyl groups is 1. The SMILES string of the molecule is C=CCNC(=O)C[C@@H](C)O. The quantitative estimate of drug-likeness (QED) is 0.547. The van der Waals surface area contributed by atoms with Crippen molar-refractivity contribution in [2.45, 2.75) is 19.4 Å². The lowest BCUT2D eigenvalue weighted by molar-refractivity contribution is -0.122. The summed E-state index contributed by atoms with van der Waals surface area (Å²) in [7, 11) is 0. The van der Waals surface area contributed by atoms with E-state index < -0.39 is 6.10 Å². The minimum absolute atomic E-state index is 0.144. The van der Waals surface area contributed by atoms with Gasteiger partial charge in [0.05, 0.1) is 12.5 Å². The van der Waals surface area contributed by atoms with Crippen molar-refractivity contribution in [3.8, 4) is 0 Å². The number of rotatable bonds is 4. The van der Waals surface area contributed by atoms with Crippen LogP contribution >= 0.6 is 0 Å². The average molecular weight is 143 g/mol. The van der Waals surface area contributed by atoms with Crippen LogP contribution in [0.1, 0.15) is 13.3 Å². The Balaban J connectivity index is 3.34. The molecule has 0 saturated carbocycles. The molecule has 3 nitrogen and oxygen atoms in total. The van der Waals surface area contributed by atoms with Gasteiger partial charge in [-0.3, -0.25) is 4.79 Å². The Morgan fingerprint density at radius 1 is 1.90 bits per heavy atom. The van der Waals surface area contributed by atoms with Gasteiger partial charge in [0, 0.05) is 6.54 Å². The van der Waals surface area contributed by atoms with Gasteiger partial charge in [0.2, 0.25) is 5.91 Å². The topological polar surface area (TPSA) is 49.3 Å². The molecule has 0 aromatic rings. The molecule has 0 bridgehead atoms. The summed E-state index contributed by atoms with van der Waals surface area (Å²) in [4.78, 5) is 10.7. The van der Waals surface area contributed by atoms with Crippen LogP contribution in [-0.4, -0.2) is 23.7 Å². The van der Waals surface area contributed by atoms with Crippen LogP contribution in [0.25, 0.3) is 0 Å². The van der Waals surface area contributed by atoms with E-state index in [9.17, 15) is 4.79 Å². The second-order valence-electron chi connectivity index (χ2n) is 2.15. The Hall–Kier alpha value is -0.830. The van der Waals surface area contributed by atoms with Gasteiger partial charge in [-0.05, 0) is 6.92 Å². The molecule has 0 rings (SSSR count). The van der Waals surface area contributed by atoms with Crippen LogP contribution in [0.15, 0.2) is 12.7 Å². The number of carbonyl (C=O) groups excluding carboxylic acids is 1. The van der Waals surface area contributed by atoms with E-state index in [1.807, 2.05) is 0 Å². The van der Waals surface area contributed by atoms with Gasteiger partial charge < -0.3 is 10.4 Å². The molecule has 58 valence electrons. The average Bonchev–Trinajstić information content (AvgIpc) is 1.82. The number of hydrogen-bond donors (Lipinski definition) is 2. The zero-order chi connectivity index (χ0) is 7.98. The zero-order valence-corrected chi connectivity index (χ0v) is 6.13. The maximum Gasteiger partial charge on any atom is 0.222 e. The van der Waals surface area contributed by atoms with E-state index in [1.165, 1.54) is 0 Å².